The third-order valence-electron chi connectivity index (χ3n) is 3.10. The fourth-order valence-electron chi connectivity index (χ4n) is 1.97. The second kappa shape index (κ2) is 6.46. The molecule has 0 aliphatic carbocycles. The summed E-state index contributed by atoms with van der Waals surface area (Å²) in [6.07, 6.45) is 0. The van der Waals surface area contributed by atoms with Gasteiger partial charge >= 0.3 is 0 Å². The molecule has 112 valence electrons. The molecule has 0 spiro atoms. The molecule has 0 bridgehead atoms. The molecular formula is C15H18IN3O2. The minimum atomic E-state index is 0.269. The van der Waals surface area contributed by atoms with Gasteiger partial charge in [0.25, 0.3) is 0 Å². The number of ether oxygens (including phenoxy) is 2. The Bertz CT molecular complexity index is 660. The molecular weight excluding hydrogens is 381 g/mol. The van der Waals surface area contributed by atoms with Gasteiger partial charge in [-0.3, -0.25) is 0 Å². The first-order valence-corrected chi connectivity index (χ1v) is 7.61. The van der Waals surface area contributed by atoms with E-state index in [9.17, 15) is 0 Å². The standard InChI is InChI=1S/C15H18IN3O2/c1-8(2)13-12(16)14(17)19-15(18-13)10-6-5-9(20-3)7-11(10)21-4/h5-8H,1-4H3,(H2,17,18,19). The SMILES string of the molecule is COc1ccc(-c2nc(N)c(I)c(C(C)C)n2)c(OC)c1. The lowest BCUT2D eigenvalue weighted by Crippen LogP contribution is -2.07. The zero-order valence-electron chi connectivity index (χ0n) is 12.5. The molecule has 0 radical (unpaired) electrons. The average Bonchev–Trinajstić information content (AvgIpc) is 2.48. The van der Waals surface area contributed by atoms with Gasteiger partial charge in [0.1, 0.15) is 17.3 Å². The molecule has 2 aromatic rings. The Hall–Kier alpha value is -1.57. The molecule has 2 N–H and O–H groups in total. The largest absolute Gasteiger partial charge is 0.497 e. The highest BCUT2D eigenvalue weighted by Gasteiger charge is 2.17. The highest BCUT2D eigenvalue weighted by Crippen LogP contribution is 2.33. The van der Waals surface area contributed by atoms with Crippen LogP contribution in [0.3, 0.4) is 0 Å². The zero-order valence-corrected chi connectivity index (χ0v) is 14.6. The fraction of sp³-hybridized carbons (Fsp3) is 0.333. The number of aromatic nitrogens is 2. The molecule has 0 saturated heterocycles. The summed E-state index contributed by atoms with van der Waals surface area (Å²) in [7, 11) is 3.22. The van der Waals surface area contributed by atoms with Crippen molar-refractivity contribution in [2.75, 3.05) is 20.0 Å². The van der Waals surface area contributed by atoms with E-state index in [1.165, 1.54) is 0 Å². The topological polar surface area (TPSA) is 70.3 Å². The van der Waals surface area contributed by atoms with Crippen LogP contribution in [0.15, 0.2) is 18.2 Å². The monoisotopic (exact) mass is 399 g/mol. The summed E-state index contributed by atoms with van der Waals surface area (Å²) in [5, 5.41) is 0. The van der Waals surface area contributed by atoms with Gasteiger partial charge in [0.15, 0.2) is 5.82 Å². The summed E-state index contributed by atoms with van der Waals surface area (Å²) >= 11 is 2.18. The van der Waals surface area contributed by atoms with Crippen LogP contribution in [0.1, 0.15) is 25.5 Å². The minimum Gasteiger partial charge on any atom is -0.497 e. The van der Waals surface area contributed by atoms with Crippen LogP contribution in [0.25, 0.3) is 11.4 Å². The first-order valence-electron chi connectivity index (χ1n) is 6.53. The lowest BCUT2D eigenvalue weighted by atomic mass is 10.1. The quantitative estimate of drug-likeness (QED) is 0.798. The lowest BCUT2D eigenvalue weighted by Gasteiger charge is -2.14. The molecule has 2 rings (SSSR count). The normalized spacial score (nSPS) is 10.8. The first-order chi connectivity index (χ1) is 9.97. The van der Waals surface area contributed by atoms with Crippen LogP contribution in [0.5, 0.6) is 11.5 Å². The maximum absolute atomic E-state index is 6.02. The molecule has 0 atom stereocenters. The van der Waals surface area contributed by atoms with Crippen LogP contribution in [-0.4, -0.2) is 24.2 Å². The summed E-state index contributed by atoms with van der Waals surface area (Å²) in [6.45, 7) is 4.16. The van der Waals surface area contributed by atoms with E-state index in [1.54, 1.807) is 14.2 Å². The van der Waals surface area contributed by atoms with Gasteiger partial charge in [-0.25, -0.2) is 9.97 Å². The van der Waals surface area contributed by atoms with Crippen LogP contribution < -0.4 is 15.2 Å². The summed E-state index contributed by atoms with van der Waals surface area (Å²) in [4.78, 5) is 9.04. The molecule has 0 aliphatic rings. The van der Waals surface area contributed by atoms with Gasteiger partial charge in [-0.05, 0) is 40.6 Å². The molecule has 6 heteroatoms. The van der Waals surface area contributed by atoms with Crippen LogP contribution in [0.2, 0.25) is 0 Å². The molecule has 1 aromatic heterocycles. The average molecular weight is 399 g/mol. The Labute approximate surface area is 138 Å². The molecule has 21 heavy (non-hydrogen) atoms. The molecule has 1 heterocycles. The van der Waals surface area contributed by atoms with E-state index in [4.69, 9.17) is 15.2 Å². The van der Waals surface area contributed by atoms with Crippen LogP contribution >= 0.6 is 22.6 Å². The number of nitrogen functional groups attached to an aromatic ring is 1. The van der Waals surface area contributed by atoms with Crippen LogP contribution in [0, 0.1) is 3.57 Å². The van der Waals surface area contributed by atoms with Gasteiger partial charge in [0, 0.05) is 6.07 Å². The third-order valence-corrected chi connectivity index (χ3v) is 4.20. The van der Waals surface area contributed by atoms with Gasteiger partial charge in [-0.1, -0.05) is 13.8 Å². The van der Waals surface area contributed by atoms with Crippen molar-refractivity contribution in [3.63, 3.8) is 0 Å². The number of hydrogen-bond donors (Lipinski definition) is 1. The van der Waals surface area contributed by atoms with E-state index in [2.05, 4.69) is 46.4 Å². The van der Waals surface area contributed by atoms with E-state index in [0.29, 0.717) is 17.4 Å². The Kier molecular flexibility index (Phi) is 4.87. The van der Waals surface area contributed by atoms with Crippen molar-refractivity contribution in [2.24, 2.45) is 0 Å². The second-order valence-electron chi connectivity index (χ2n) is 4.85. The highest BCUT2D eigenvalue weighted by molar-refractivity contribution is 14.1. The summed E-state index contributed by atoms with van der Waals surface area (Å²) in [6, 6.07) is 5.54. The predicted molar refractivity (Wildman–Crippen MR) is 91.8 cm³/mol. The second-order valence-corrected chi connectivity index (χ2v) is 5.93. The van der Waals surface area contributed by atoms with E-state index < -0.39 is 0 Å². The Morgan fingerprint density at radius 3 is 2.43 bits per heavy atom. The van der Waals surface area contributed by atoms with Crippen molar-refractivity contribution < 1.29 is 9.47 Å². The maximum atomic E-state index is 6.02. The van der Waals surface area contributed by atoms with E-state index in [1.807, 2.05) is 18.2 Å². The molecule has 0 amide bonds. The number of nitrogens with two attached hydrogens (primary N) is 1. The highest BCUT2D eigenvalue weighted by atomic mass is 127. The molecule has 0 saturated carbocycles. The van der Waals surface area contributed by atoms with Gasteiger partial charge in [0.05, 0.1) is 29.0 Å². The van der Waals surface area contributed by atoms with Gasteiger partial charge in [0.2, 0.25) is 0 Å². The number of rotatable bonds is 4. The number of methoxy groups -OCH3 is 2. The minimum absolute atomic E-state index is 0.269. The van der Waals surface area contributed by atoms with Gasteiger partial charge < -0.3 is 15.2 Å². The number of hydrogen-bond acceptors (Lipinski definition) is 5. The first kappa shape index (κ1) is 15.8. The fourth-order valence-corrected chi connectivity index (χ4v) is 2.83. The molecule has 0 aliphatic heterocycles. The Balaban J connectivity index is 2.61. The van der Waals surface area contributed by atoms with E-state index in [0.717, 1.165) is 20.6 Å². The zero-order chi connectivity index (χ0) is 15.6. The lowest BCUT2D eigenvalue weighted by molar-refractivity contribution is 0.395. The van der Waals surface area contributed by atoms with Crippen molar-refractivity contribution in [1.82, 2.24) is 9.97 Å². The number of nitrogens with zero attached hydrogens (tertiary/aromatic N) is 2. The molecule has 0 fully saturated rings. The smallest absolute Gasteiger partial charge is 0.165 e. The van der Waals surface area contributed by atoms with Crippen LogP contribution in [-0.2, 0) is 0 Å². The number of benzene rings is 1. The summed E-state index contributed by atoms with van der Waals surface area (Å²) < 4.78 is 11.5. The van der Waals surface area contributed by atoms with Crippen molar-refractivity contribution in [3.05, 3.63) is 27.5 Å². The predicted octanol–water partition coefficient (Wildman–Crippen LogP) is 3.47. The van der Waals surface area contributed by atoms with Crippen molar-refractivity contribution >= 4 is 28.4 Å². The van der Waals surface area contributed by atoms with Gasteiger partial charge in [-0.15, -0.1) is 0 Å². The molecule has 1 aromatic carbocycles. The number of halogens is 1. The van der Waals surface area contributed by atoms with Gasteiger partial charge in [-0.2, -0.15) is 0 Å². The molecule has 5 nitrogen and oxygen atoms in total. The summed E-state index contributed by atoms with van der Waals surface area (Å²) in [5.74, 6) is 2.70. The van der Waals surface area contributed by atoms with Crippen molar-refractivity contribution in [2.45, 2.75) is 19.8 Å². The van der Waals surface area contributed by atoms with Crippen molar-refractivity contribution in [3.8, 4) is 22.9 Å². The van der Waals surface area contributed by atoms with Crippen molar-refractivity contribution in [1.29, 1.82) is 0 Å². The molecule has 0 unspecified atom stereocenters. The Morgan fingerprint density at radius 1 is 1.14 bits per heavy atom. The van der Waals surface area contributed by atoms with E-state index in [-0.39, 0.29) is 5.92 Å². The van der Waals surface area contributed by atoms with Crippen LogP contribution in [0.4, 0.5) is 5.82 Å². The third kappa shape index (κ3) is 3.20. The van der Waals surface area contributed by atoms with E-state index >= 15 is 0 Å². The summed E-state index contributed by atoms with van der Waals surface area (Å²) in [5.41, 5.74) is 7.76. The number of anilines is 1. The Morgan fingerprint density at radius 2 is 1.86 bits per heavy atom. The maximum Gasteiger partial charge on any atom is 0.165 e.